The third-order valence-electron chi connectivity index (χ3n) is 1.91. The van der Waals surface area contributed by atoms with Gasteiger partial charge in [-0.2, -0.15) is 0 Å². The zero-order valence-corrected chi connectivity index (χ0v) is 6.66. The van der Waals surface area contributed by atoms with Gasteiger partial charge in [0.05, 0.1) is 0 Å². The van der Waals surface area contributed by atoms with Gasteiger partial charge in [0.1, 0.15) is 0 Å². The highest BCUT2D eigenvalue weighted by Gasteiger charge is 2.22. The maximum Gasteiger partial charge on any atom is 0.407 e. The fraction of sp³-hybridized carbons (Fsp3) is 0.857. The second-order valence-electron chi connectivity index (χ2n) is 2.78. The van der Waals surface area contributed by atoms with Crippen LogP contribution in [0.4, 0.5) is 4.79 Å². The van der Waals surface area contributed by atoms with Gasteiger partial charge in [0.25, 0.3) is 0 Å². The Bertz CT molecular complexity index is 145. The molecule has 4 nitrogen and oxygen atoms in total. The maximum absolute atomic E-state index is 10.5. The summed E-state index contributed by atoms with van der Waals surface area (Å²) in [5.41, 5.74) is 0. The second kappa shape index (κ2) is 3.57. The molecular weight excluding hydrogens is 144 g/mol. The zero-order valence-electron chi connectivity index (χ0n) is 6.66. The molecule has 11 heavy (non-hydrogen) atoms. The largest absolute Gasteiger partial charge is 0.465 e. The van der Waals surface area contributed by atoms with E-state index in [0.717, 1.165) is 13.1 Å². The van der Waals surface area contributed by atoms with Crippen LogP contribution in [0.15, 0.2) is 0 Å². The summed E-state index contributed by atoms with van der Waals surface area (Å²) in [7, 11) is 0. The van der Waals surface area contributed by atoms with Crippen LogP contribution in [0.3, 0.4) is 0 Å². The van der Waals surface area contributed by atoms with Gasteiger partial charge in [0.2, 0.25) is 0 Å². The quantitative estimate of drug-likeness (QED) is 0.637. The first-order chi connectivity index (χ1) is 5.24. The van der Waals surface area contributed by atoms with Crippen LogP contribution in [0.25, 0.3) is 0 Å². The van der Waals surface area contributed by atoms with Gasteiger partial charge in [-0.15, -0.1) is 0 Å². The smallest absolute Gasteiger partial charge is 0.407 e. The molecule has 0 aromatic carbocycles. The highest BCUT2D eigenvalue weighted by atomic mass is 16.4. The molecule has 0 atom stereocenters. The van der Waals surface area contributed by atoms with Crippen LogP contribution in [0.1, 0.15) is 6.92 Å². The number of hydrogen-bond donors (Lipinski definition) is 1. The fourth-order valence-corrected chi connectivity index (χ4v) is 1.08. The van der Waals surface area contributed by atoms with E-state index in [1.807, 2.05) is 6.92 Å². The van der Waals surface area contributed by atoms with Crippen molar-refractivity contribution in [3.8, 4) is 0 Å². The van der Waals surface area contributed by atoms with E-state index in [1.54, 1.807) is 0 Å². The summed E-state index contributed by atoms with van der Waals surface area (Å²) in [6.45, 7) is 4.75. The predicted molar refractivity (Wildman–Crippen MR) is 40.6 cm³/mol. The Labute approximate surface area is 66.2 Å². The van der Waals surface area contributed by atoms with E-state index >= 15 is 0 Å². The van der Waals surface area contributed by atoms with E-state index in [2.05, 4.69) is 5.32 Å². The first kappa shape index (κ1) is 8.33. The van der Waals surface area contributed by atoms with Crippen LogP contribution >= 0.6 is 0 Å². The Morgan fingerprint density at radius 3 is 2.64 bits per heavy atom. The van der Waals surface area contributed by atoms with E-state index in [-0.39, 0.29) is 0 Å². The third kappa shape index (κ3) is 2.08. The van der Waals surface area contributed by atoms with Gasteiger partial charge in [0.15, 0.2) is 0 Å². The summed E-state index contributed by atoms with van der Waals surface area (Å²) in [5, 5.41) is 12.7. The number of rotatable bonds is 3. The molecule has 63 valence electrons. The third-order valence-corrected chi connectivity index (χ3v) is 1.91. The molecule has 1 aliphatic rings. The first-order valence-corrected chi connectivity index (χ1v) is 3.85. The molecule has 1 amide bonds. The monoisotopic (exact) mass is 157 g/mol. The standard InChI is InChI=1S/C7H13N2O2/c1-2-9(7(10)11)5-6-3-8-4-6/h6H,2-5H2,1H3,(H,10,11). The highest BCUT2D eigenvalue weighted by Crippen LogP contribution is 2.07. The average molecular weight is 157 g/mol. The normalized spacial score (nSPS) is 17.5. The first-order valence-electron chi connectivity index (χ1n) is 3.85. The van der Waals surface area contributed by atoms with Gasteiger partial charge in [-0.25, -0.2) is 10.1 Å². The molecule has 1 heterocycles. The summed E-state index contributed by atoms with van der Waals surface area (Å²) >= 11 is 0. The highest BCUT2D eigenvalue weighted by molar-refractivity contribution is 5.64. The number of hydrogen-bond acceptors (Lipinski definition) is 1. The summed E-state index contributed by atoms with van der Waals surface area (Å²) in [6, 6.07) is 0. The fourth-order valence-electron chi connectivity index (χ4n) is 1.08. The minimum absolute atomic E-state index is 0.478. The van der Waals surface area contributed by atoms with Crippen LogP contribution in [0, 0.1) is 5.92 Å². The van der Waals surface area contributed by atoms with Gasteiger partial charge < -0.3 is 10.0 Å². The van der Waals surface area contributed by atoms with Crippen molar-refractivity contribution in [3.05, 3.63) is 0 Å². The van der Waals surface area contributed by atoms with Gasteiger partial charge in [-0.3, -0.25) is 0 Å². The van der Waals surface area contributed by atoms with Gasteiger partial charge in [-0.05, 0) is 6.92 Å². The zero-order chi connectivity index (χ0) is 8.27. The summed E-state index contributed by atoms with van der Waals surface area (Å²) in [5.74, 6) is 0.478. The van der Waals surface area contributed by atoms with Crippen molar-refractivity contribution in [2.75, 3.05) is 26.2 Å². The van der Waals surface area contributed by atoms with Gasteiger partial charge in [0, 0.05) is 32.1 Å². The van der Waals surface area contributed by atoms with Crippen LogP contribution in [-0.4, -0.2) is 42.3 Å². The van der Waals surface area contributed by atoms with Crippen molar-refractivity contribution in [1.82, 2.24) is 10.2 Å². The SMILES string of the molecule is CCN(CC1C[N]C1)C(=O)O. The van der Waals surface area contributed by atoms with Crippen LogP contribution in [0.5, 0.6) is 0 Å². The van der Waals surface area contributed by atoms with Gasteiger partial charge in [-0.1, -0.05) is 0 Å². The molecule has 1 aliphatic heterocycles. The lowest BCUT2D eigenvalue weighted by atomic mass is 10.0. The van der Waals surface area contributed by atoms with E-state index < -0.39 is 6.09 Å². The molecule has 1 saturated heterocycles. The second-order valence-corrected chi connectivity index (χ2v) is 2.78. The summed E-state index contributed by atoms with van der Waals surface area (Å²) in [6.07, 6.45) is -0.820. The van der Waals surface area contributed by atoms with Crippen molar-refractivity contribution >= 4 is 6.09 Å². The Kier molecular flexibility index (Phi) is 2.70. The Morgan fingerprint density at radius 1 is 1.73 bits per heavy atom. The van der Waals surface area contributed by atoms with E-state index in [1.165, 1.54) is 4.90 Å². The Hall–Kier alpha value is -0.770. The average Bonchev–Trinajstić information content (AvgIpc) is 1.85. The van der Waals surface area contributed by atoms with Crippen molar-refractivity contribution in [3.63, 3.8) is 0 Å². The molecule has 0 aromatic heterocycles. The number of carbonyl (C=O) groups is 1. The number of amides is 1. The Morgan fingerprint density at radius 2 is 2.36 bits per heavy atom. The molecule has 0 unspecified atom stereocenters. The van der Waals surface area contributed by atoms with Crippen molar-refractivity contribution < 1.29 is 9.90 Å². The van der Waals surface area contributed by atoms with Crippen LogP contribution in [-0.2, 0) is 0 Å². The van der Waals surface area contributed by atoms with Crippen LogP contribution < -0.4 is 5.32 Å². The van der Waals surface area contributed by atoms with Crippen molar-refractivity contribution in [2.24, 2.45) is 5.92 Å². The topological polar surface area (TPSA) is 54.6 Å². The molecule has 0 spiro atoms. The molecule has 0 saturated carbocycles. The summed E-state index contributed by atoms with van der Waals surface area (Å²) in [4.78, 5) is 11.9. The molecular formula is C7H13N2O2. The lowest BCUT2D eigenvalue weighted by Crippen LogP contribution is -2.45. The molecule has 4 heteroatoms. The van der Waals surface area contributed by atoms with Gasteiger partial charge >= 0.3 is 6.09 Å². The number of nitrogens with zero attached hydrogens (tertiary/aromatic N) is 2. The van der Waals surface area contributed by atoms with Crippen LogP contribution in [0.2, 0.25) is 0 Å². The molecule has 1 fully saturated rings. The summed E-state index contributed by atoms with van der Waals surface area (Å²) < 4.78 is 0. The predicted octanol–water partition coefficient (Wildman–Crippen LogP) is 0.220. The van der Waals surface area contributed by atoms with E-state index in [9.17, 15) is 4.79 Å². The number of carboxylic acid groups (broad SMARTS) is 1. The molecule has 0 aliphatic carbocycles. The minimum Gasteiger partial charge on any atom is -0.465 e. The molecule has 0 aromatic rings. The van der Waals surface area contributed by atoms with E-state index in [4.69, 9.17) is 5.11 Å². The maximum atomic E-state index is 10.5. The van der Waals surface area contributed by atoms with Crippen molar-refractivity contribution in [2.45, 2.75) is 6.92 Å². The lowest BCUT2D eigenvalue weighted by molar-refractivity contribution is 0.131. The molecule has 1 radical (unpaired) electrons. The lowest BCUT2D eigenvalue weighted by Gasteiger charge is -2.29. The van der Waals surface area contributed by atoms with Crippen molar-refractivity contribution in [1.29, 1.82) is 0 Å². The Balaban J connectivity index is 2.24. The molecule has 1 N–H and O–H groups in total. The van der Waals surface area contributed by atoms with E-state index in [0.29, 0.717) is 19.0 Å². The minimum atomic E-state index is -0.820. The molecule has 1 rings (SSSR count). The molecule has 0 bridgehead atoms.